The molecule has 1 aliphatic heterocycles. The highest BCUT2D eigenvalue weighted by Gasteiger charge is 2.30. The first-order valence-electron chi connectivity index (χ1n) is 9.03. The zero-order valence-electron chi connectivity index (χ0n) is 15.3. The minimum absolute atomic E-state index is 0.212. The summed E-state index contributed by atoms with van der Waals surface area (Å²) in [4.78, 5) is 37.6. The summed E-state index contributed by atoms with van der Waals surface area (Å²) in [6.45, 7) is 4.02. The standard InChI is InChI=1S/C21H21ClN2O3/c1-3-13-7-10-17(22)16(4-2)20(13)23-21(27)14-5-8-15(9-6-14)24-18(25)11-12-19(24)26/h5-10H,3-4,11-12H2,1-2H3,(H,23,27). The summed E-state index contributed by atoms with van der Waals surface area (Å²) in [5.74, 6) is -0.681. The predicted molar refractivity (Wildman–Crippen MR) is 106 cm³/mol. The molecule has 1 aliphatic rings. The second-order valence-electron chi connectivity index (χ2n) is 6.39. The van der Waals surface area contributed by atoms with Gasteiger partial charge in [-0.05, 0) is 54.3 Å². The molecule has 0 aliphatic carbocycles. The number of aryl methyl sites for hydroxylation is 1. The Morgan fingerprint density at radius 1 is 1.00 bits per heavy atom. The third kappa shape index (κ3) is 3.74. The average Bonchev–Trinajstić information content (AvgIpc) is 3.00. The van der Waals surface area contributed by atoms with Crippen molar-refractivity contribution in [2.75, 3.05) is 10.2 Å². The van der Waals surface area contributed by atoms with Gasteiger partial charge < -0.3 is 5.32 Å². The number of benzene rings is 2. The van der Waals surface area contributed by atoms with Crippen molar-refractivity contribution in [1.82, 2.24) is 0 Å². The SMILES string of the molecule is CCc1ccc(Cl)c(CC)c1NC(=O)c1ccc(N2C(=O)CCC2=O)cc1. The third-order valence-electron chi connectivity index (χ3n) is 4.75. The number of carbonyl (C=O) groups excluding carboxylic acids is 3. The van der Waals surface area contributed by atoms with Crippen LogP contribution in [0.3, 0.4) is 0 Å². The lowest BCUT2D eigenvalue weighted by atomic mass is 10.0. The normalized spacial score (nSPS) is 14.0. The van der Waals surface area contributed by atoms with E-state index in [0.717, 1.165) is 23.2 Å². The molecule has 1 heterocycles. The molecule has 0 atom stereocenters. The van der Waals surface area contributed by atoms with Gasteiger partial charge in [0.2, 0.25) is 11.8 Å². The van der Waals surface area contributed by atoms with Crippen molar-refractivity contribution in [3.05, 3.63) is 58.1 Å². The van der Waals surface area contributed by atoms with Crippen molar-refractivity contribution < 1.29 is 14.4 Å². The maximum atomic E-state index is 12.7. The monoisotopic (exact) mass is 384 g/mol. The lowest BCUT2D eigenvalue weighted by Gasteiger charge is -2.17. The van der Waals surface area contributed by atoms with E-state index in [1.54, 1.807) is 24.3 Å². The van der Waals surface area contributed by atoms with Crippen LogP contribution in [0.4, 0.5) is 11.4 Å². The van der Waals surface area contributed by atoms with Gasteiger partial charge in [0.05, 0.1) is 5.69 Å². The van der Waals surface area contributed by atoms with E-state index in [9.17, 15) is 14.4 Å². The molecule has 2 aromatic carbocycles. The molecule has 1 fully saturated rings. The second kappa shape index (κ2) is 7.92. The van der Waals surface area contributed by atoms with E-state index >= 15 is 0 Å². The minimum Gasteiger partial charge on any atom is -0.321 e. The highest BCUT2D eigenvalue weighted by Crippen LogP contribution is 2.30. The van der Waals surface area contributed by atoms with E-state index in [-0.39, 0.29) is 30.6 Å². The van der Waals surface area contributed by atoms with Crippen LogP contribution in [0, 0.1) is 0 Å². The number of carbonyl (C=O) groups is 3. The Morgan fingerprint density at radius 2 is 1.63 bits per heavy atom. The summed E-state index contributed by atoms with van der Waals surface area (Å²) < 4.78 is 0. The molecule has 3 amide bonds. The lowest BCUT2D eigenvalue weighted by molar-refractivity contribution is -0.121. The number of hydrogen-bond donors (Lipinski definition) is 1. The van der Waals surface area contributed by atoms with E-state index in [2.05, 4.69) is 5.32 Å². The quantitative estimate of drug-likeness (QED) is 0.778. The van der Waals surface area contributed by atoms with Crippen LogP contribution in [0.2, 0.25) is 5.02 Å². The van der Waals surface area contributed by atoms with Crippen LogP contribution in [-0.4, -0.2) is 17.7 Å². The number of nitrogens with one attached hydrogen (secondary N) is 1. The summed E-state index contributed by atoms with van der Waals surface area (Å²) in [5, 5.41) is 3.60. The van der Waals surface area contributed by atoms with Gasteiger partial charge in [0, 0.05) is 29.1 Å². The van der Waals surface area contributed by atoms with Gasteiger partial charge in [0.15, 0.2) is 0 Å². The van der Waals surface area contributed by atoms with Crippen molar-refractivity contribution >= 4 is 40.7 Å². The molecule has 6 heteroatoms. The molecule has 3 rings (SSSR count). The van der Waals surface area contributed by atoms with Crippen LogP contribution < -0.4 is 10.2 Å². The molecule has 0 spiro atoms. The zero-order valence-corrected chi connectivity index (χ0v) is 16.1. The molecular formula is C21H21ClN2O3. The molecule has 1 saturated heterocycles. The molecule has 27 heavy (non-hydrogen) atoms. The molecule has 140 valence electrons. The van der Waals surface area contributed by atoms with Crippen LogP contribution in [0.5, 0.6) is 0 Å². The highest BCUT2D eigenvalue weighted by molar-refractivity contribution is 6.32. The Hall–Kier alpha value is -2.66. The van der Waals surface area contributed by atoms with Crippen molar-refractivity contribution in [2.45, 2.75) is 39.5 Å². The van der Waals surface area contributed by atoms with Crippen LogP contribution in [0.15, 0.2) is 36.4 Å². The zero-order chi connectivity index (χ0) is 19.6. The van der Waals surface area contributed by atoms with Crippen LogP contribution in [-0.2, 0) is 22.4 Å². The average molecular weight is 385 g/mol. The minimum atomic E-state index is -0.257. The number of halogens is 1. The lowest BCUT2D eigenvalue weighted by Crippen LogP contribution is -2.28. The number of imide groups is 1. The molecule has 0 aromatic heterocycles. The Labute approximate surface area is 163 Å². The van der Waals surface area contributed by atoms with Crippen molar-refractivity contribution in [1.29, 1.82) is 0 Å². The second-order valence-corrected chi connectivity index (χ2v) is 6.80. The molecule has 0 unspecified atom stereocenters. The van der Waals surface area contributed by atoms with Gasteiger partial charge in [0.25, 0.3) is 5.91 Å². The van der Waals surface area contributed by atoms with Gasteiger partial charge >= 0.3 is 0 Å². The summed E-state index contributed by atoms with van der Waals surface area (Å²) in [7, 11) is 0. The van der Waals surface area contributed by atoms with Gasteiger partial charge in [0.1, 0.15) is 0 Å². The summed E-state index contributed by atoms with van der Waals surface area (Å²) in [6.07, 6.45) is 1.95. The maximum absolute atomic E-state index is 12.7. The van der Waals surface area contributed by atoms with Gasteiger partial charge in [-0.25, -0.2) is 0 Å². The van der Waals surface area contributed by atoms with Crippen molar-refractivity contribution in [3.8, 4) is 0 Å². The first-order chi connectivity index (χ1) is 13.0. The van der Waals surface area contributed by atoms with Crippen molar-refractivity contribution in [2.24, 2.45) is 0 Å². The van der Waals surface area contributed by atoms with Crippen molar-refractivity contribution in [3.63, 3.8) is 0 Å². The summed E-state index contributed by atoms with van der Waals surface area (Å²) in [6, 6.07) is 10.3. The Morgan fingerprint density at radius 3 is 2.19 bits per heavy atom. The van der Waals surface area contributed by atoms with Crippen LogP contribution >= 0.6 is 11.6 Å². The topological polar surface area (TPSA) is 66.5 Å². The molecule has 1 N–H and O–H groups in total. The van der Waals surface area contributed by atoms with E-state index in [4.69, 9.17) is 11.6 Å². The summed E-state index contributed by atoms with van der Waals surface area (Å²) >= 11 is 6.29. The van der Waals surface area contributed by atoms with Crippen LogP contribution in [0.25, 0.3) is 0 Å². The number of anilines is 2. The fourth-order valence-corrected chi connectivity index (χ4v) is 3.57. The molecule has 0 saturated carbocycles. The number of hydrogen-bond acceptors (Lipinski definition) is 3. The van der Waals surface area contributed by atoms with E-state index in [1.165, 1.54) is 4.90 Å². The fourth-order valence-electron chi connectivity index (χ4n) is 3.28. The predicted octanol–water partition coefficient (Wildman–Crippen LogP) is 4.37. The van der Waals surface area contributed by atoms with Gasteiger partial charge in [-0.2, -0.15) is 0 Å². The highest BCUT2D eigenvalue weighted by atomic mass is 35.5. The largest absolute Gasteiger partial charge is 0.321 e. The first-order valence-corrected chi connectivity index (χ1v) is 9.41. The molecule has 2 aromatic rings. The smallest absolute Gasteiger partial charge is 0.255 e. The van der Waals surface area contributed by atoms with E-state index < -0.39 is 0 Å². The van der Waals surface area contributed by atoms with Gasteiger partial charge in [-0.3, -0.25) is 19.3 Å². The first kappa shape index (κ1) is 19.1. The van der Waals surface area contributed by atoms with E-state index in [0.29, 0.717) is 22.7 Å². The fraction of sp³-hybridized carbons (Fsp3) is 0.286. The number of nitrogens with zero attached hydrogens (tertiary/aromatic N) is 1. The Kier molecular flexibility index (Phi) is 5.61. The molecular weight excluding hydrogens is 364 g/mol. The number of amides is 3. The Balaban J connectivity index is 1.84. The molecule has 5 nitrogen and oxygen atoms in total. The van der Waals surface area contributed by atoms with Crippen LogP contribution in [0.1, 0.15) is 48.2 Å². The molecule has 0 bridgehead atoms. The van der Waals surface area contributed by atoms with Gasteiger partial charge in [-0.1, -0.05) is 31.5 Å². The van der Waals surface area contributed by atoms with E-state index in [1.807, 2.05) is 26.0 Å². The Bertz CT molecular complexity index is 890. The molecule has 0 radical (unpaired) electrons. The third-order valence-corrected chi connectivity index (χ3v) is 5.11. The maximum Gasteiger partial charge on any atom is 0.255 e. The van der Waals surface area contributed by atoms with Gasteiger partial charge in [-0.15, -0.1) is 0 Å². The number of rotatable bonds is 5. The summed E-state index contributed by atoms with van der Waals surface area (Å²) in [5.41, 5.74) is 3.63.